The molecule has 0 aliphatic carbocycles. The van der Waals surface area contributed by atoms with Crippen molar-refractivity contribution in [2.24, 2.45) is 0 Å². The van der Waals surface area contributed by atoms with Crippen molar-refractivity contribution >= 4 is 86.2 Å². The molecule has 0 atom stereocenters. The maximum absolute atomic E-state index is 13.9. The number of fused-ring (bicyclic) bond motifs is 6. The van der Waals surface area contributed by atoms with E-state index in [1.807, 2.05) is 60.7 Å². The lowest BCUT2D eigenvalue weighted by Crippen LogP contribution is -2.13. The molecule has 0 radical (unpaired) electrons. The molecule has 9 rings (SSSR count). The zero-order chi connectivity index (χ0) is 25.4. The molecule has 0 bridgehead atoms. The fourth-order valence-electron chi connectivity index (χ4n) is 6.95. The van der Waals surface area contributed by atoms with Crippen LogP contribution in [0.3, 0.4) is 0 Å². The molecule has 0 fully saturated rings. The van der Waals surface area contributed by atoms with Crippen LogP contribution in [0.5, 0.6) is 0 Å². The molecule has 0 saturated carbocycles. The van der Waals surface area contributed by atoms with Crippen molar-refractivity contribution in [3.63, 3.8) is 0 Å². The molecule has 4 nitrogen and oxygen atoms in total. The van der Waals surface area contributed by atoms with Crippen LogP contribution in [0.25, 0.3) is 86.2 Å². The van der Waals surface area contributed by atoms with Gasteiger partial charge in [-0.15, -0.1) is 0 Å². The molecule has 9 aromatic rings. The first-order valence-electron chi connectivity index (χ1n) is 12.4. The van der Waals surface area contributed by atoms with Crippen LogP contribution in [0.1, 0.15) is 0 Å². The Balaban J connectivity index is 1.70. The van der Waals surface area contributed by atoms with Gasteiger partial charge in [-0.25, -0.2) is 0 Å². The van der Waals surface area contributed by atoms with Gasteiger partial charge >= 0.3 is 0 Å². The number of rotatable bonds is 0. The molecule has 0 spiro atoms. The van der Waals surface area contributed by atoms with Crippen LogP contribution in [-0.2, 0) is 0 Å². The highest BCUT2D eigenvalue weighted by Crippen LogP contribution is 2.44. The fourth-order valence-corrected chi connectivity index (χ4v) is 6.95. The van der Waals surface area contributed by atoms with E-state index < -0.39 is 0 Å². The van der Waals surface area contributed by atoms with Crippen molar-refractivity contribution in [1.29, 1.82) is 0 Å². The number of benzene rings is 9. The smallest absolute Gasteiger partial charge is 0.194 e. The van der Waals surface area contributed by atoms with Crippen molar-refractivity contribution in [3.05, 3.63) is 126 Å². The van der Waals surface area contributed by atoms with Gasteiger partial charge in [0.1, 0.15) is 0 Å². The summed E-state index contributed by atoms with van der Waals surface area (Å²) in [5.41, 5.74) is -0.711. The number of hydrogen-bond donors (Lipinski definition) is 0. The van der Waals surface area contributed by atoms with E-state index in [-0.39, 0.29) is 21.7 Å². The molecule has 0 saturated heterocycles. The summed E-state index contributed by atoms with van der Waals surface area (Å²) in [7, 11) is 0. The molecule has 4 heteroatoms. The van der Waals surface area contributed by atoms with E-state index in [0.717, 1.165) is 21.5 Å². The van der Waals surface area contributed by atoms with E-state index >= 15 is 0 Å². The second-order valence-corrected chi connectivity index (χ2v) is 10.2. The lowest BCUT2D eigenvalue weighted by Gasteiger charge is -2.18. The summed E-state index contributed by atoms with van der Waals surface area (Å²) < 4.78 is 0. The summed E-state index contributed by atoms with van der Waals surface area (Å²) >= 11 is 0. The minimum absolute atomic E-state index is 0.0927. The van der Waals surface area contributed by atoms with Gasteiger partial charge in [-0.1, -0.05) is 60.7 Å². The summed E-state index contributed by atoms with van der Waals surface area (Å²) in [5, 5.41) is 10.0. The van der Waals surface area contributed by atoms with E-state index in [4.69, 9.17) is 0 Å². The molecule has 0 aliphatic rings. The SMILES string of the molecule is O=c1c2ccccc2c2cc(=O)c3c4c(=O)cc5c6ccccc6c(=O)c6ccc(c7ccc1c2c73)c4c65. The van der Waals surface area contributed by atoms with Gasteiger partial charge < -0.3 is 0 Å². The van der Waals surface area contributed by atoms with Crippen molar-refractivity contribution in [2.75, 3.05) is 0 Å². The van der Waals surface area contributed by atoms with Crippen molar-refractivity contribution < 1.29 is 0 Å². The van der Waals surface area contributed by atoms with Crippen LogP contribution in [0.15, 0.2) is 104 Å². The first-order valence-corrected chi connectivity index (χ1v) is 12.4. The highest BCUT2D eigenvalue weighted by molar-refractivity contribution is 6.41. The third kappa shape index (κ3) is 2.07. The molecule has 0 aromatic heterocycles. The minimum atomic E-state index is -0.263. The lowest BCUT2D eigenvalue weighted by molar-refractivity contribution is 1.68. The Morgan fingerprint density at radius 1 is 0.289 bits per heavy atom. The summed E-state index contributed by atoms with van der Waals surface area (Å²) in [4.78, 5) is 54.8. The molecule has 0 aliphatic heterocycles. The maximum atomic E-state index is 13.9. The average Bonchev–Trinajstić information content (AvgIpc) is 2.95. The molecular formula is C34H14O4. The molecule has 0 unspecified atom stereocenters. The third-order valence-electron chi connectivity index (χ3n) is 8.45. The molecule has 9 aromatic carbocycles. The van der Waals surface area contributed by atoms with Gasteiger partial charge in [0.2, 0.25) is 0 Å². The first-order chi connectivity index (χ1) is 18.5. The predicted molar refractivity (Wildman–Crippen MR) is 156 cm³/mol. The second kappa shape index (κ2) is 6.36. The van der Waals surface area contributed by atoms with Crippen LogP contribution < -0.4 is 21.7 Å². The Kier molecular flexibility index (Phi) is 3.33. The van der Waals surface area contributed by atoms with E-state index in [9.17, 15) is 19.2 Å². The van der Waals surface area contributed by atoms with Gasteiger partial charge in [-0.3, -0.25) is 19.2 Å². The zero-order valence-corrected chi connectivity index (χ0v) is 19.7. The monoisotopic (exact) mass is 486 g/mol. The fraction of sp³-hybridized carbons (Fsp3) is 0. The summed E-state index contributed by atoms with van der Waals surface area (Å²) in [6, 6.07) is 25.2. The number of hydrogen-bond acceptors (Lipinski definition) is 4. The van der Waals surface area contributed by atoms with Crippen LogP contribution in [0.2, 0.25) is 0 Å². The van der Waals surface area contributed by atoms with Crippen LogP contribution in [0, 0.1) is 0 Å². The van der Waals surface area contributed by atoms with Crippen molar-refractivity contribution in [3.8, 4) is 0 Å². The quantitative estimate of drug-likeness (QED) is 0.192. The van der Waals surface area contributed by atoms with Crippen LogP contribution in [-0.4, -0.2) is 0 Å². The molecule has 174 valence electrons. The Morgan fingerprint density at radius 3 is 1.08 bits per heavy atom. The van der Waals surface area contributed by atoms with Gasteiger partial charge in [0.05, 0.1) is 0 Å². The van der Waals surface area contributed by atoms with E-state index in [0.29, 0.717) is 64.6 Å². The maximum Gasteiger partial charge on any atom is 0.194 e. The van der Waals surface area contributed by atoms with E-state index in [2.05, 4.69) is 0 Å². The summed E-state index contributed by atoms with van der Waals surface area (Å²) in [5.74, 6) is 0. The van der Waals surface area contributed by atoms with E-state index in [1.165, 1.54) is 0 Å². The lowest BCUT2D eigenvalue weighted by atomic mass is 9.83. The van der Waals surface area contributed by atoms with Gasteiger partial charge in [0, 0.05) is 53.9 Å². The minimum Gasteiger partial charge on any atom is -0.289 e. The average molecular weight is 486 g/mol. The standard InChI is InChI=1S/C34H14O4/c35-25-13-23-15-5-1-3-7-19(15)33(37)21-11-9-17-18-10-12-22-28-24(16-6-2-4-8-20(16)34(22)38)14-26(36)32(30(18)28)31(25)29(17)27(21)23/h1-14H. The third-order valence-corrected chi connectivity index (χ3v) is 8.45. The summed E-state index contributed by atoms with van der Waals surface area (Å²) in [6.07, 6.45) is 0. The van der Waals surface area contributed by atoms with Crippen molar-refractivity contribution in [1.82, 2.24) is 0 Å². The van der Waals surface area contributed by atoms with Gasteiger partial charge in [-0.05, 0) is 56.6 Å². The van der Waals surface area contributed by atoms with Gasteiger partial charge in [0.25, 0.3) is 0 Å². The van der Waals surface area contributed by atoms with Gasteiger partial charge in [-0.2, -0.15) is 0 Å². The topological polar surface area (TPSA) is 68.3 Å². The van der Waals surface area contributed by atoms with Gasteiger partial charge in [0.15, 0.2) is 21.7 Å². The molecule has 38 heavy (non-hydrogen) atoms. The Bertz CT molecular complexity index is 2550. The molecule has 0 amide bonds. The van der Waals surface area contributed by atoms with Crippen molar-refractivity contribution in [2.45, 2.75) is 0 Å². The highest BCUT2D eigenvalue weighted by Gasteiger charge is 2.24. The second-order valence-electron chi connectivity index (χ2n) is 10.2. The predicted octanol–water partition coefficient (Wildman–Crippen LogP) is 6.10. The molecule has 0 N–H and O–H groups in total. The summed E-state index contributed by atoms with van der Waals surface area (Å²) in [6.45, 7) is 0. The normalized spacial score (nSPS) is 12.6. The van der Waals surface area contributed by atoms with Crippen LogP contribution >= 0.6 is 0 Å². The molecule has 0 heterocycles. The Morgan fingerprint density at radius 2 is 0.658 bits per heavy atom. The Hall–Kier alpha value is -5.22. The van der Waals surface area contributed by atoms with E-state index in [1.54, 1.807) is 24.3 Å². The first kappa shape index (κ1) is 19.9. The largest absolute Gasteiger partial charge is 0.289 e. The van der Waals surface area contributed by atoms with Crippen LogP contribution in [0.4, 0.5) is 0 Å². The highest BCUT2D eigenvalue weighted by atomic mass is 16.1. The molecular weight excluding hydrogens is 472 g/mol. The Labute approximate surface area is 211 Å². The zero-order valence-electron chi connectivity index (χ0n) is 19.7.